The van der Waals surface area contributed by atoms with Crippen molar-refractivity contribution in [3.63, 3.8) is 0 Å². The van der Waals surface area contributed by atoms with Crippen molar-refractivity contribution in [2.24, 2.45) is 0 Å². The molecule has 1 aromatic carbocycles. The molecule has 0 spiro atoms. The minimum absolute atomic E-state index is 0.0381. The smallest absolute Gasteiger partial charge is 0.313 e. The average Bonchev–Trinajstić information content (AvgIpc) is 3.09. The van der Waals surface area contributed by atoms with Gasteiger partial charge >= 0.3 is 11.8 Å². The quantitative estimate of drug-likeness (QED) is 0.775. The van der Waals surface area contributed by atoms with E-state index in [1.165, 1.54) is 0 Å². The van der Waals surface area contributed by atoms with Crippen LogP contribution in [-0.2, 0) is 9.59 Å². The third kappa shape index (κ3) is 5.30. The number of amides is 2. The Balaban J connectivity index is 1.90. The fraction of sp³-hybridized carbons (Fsp3) is 0.333. The Morgan fingerprint density at radius 3 is 2.24 bits per heavy atom. The standard InChI is InChI=1S/C18H24N4O2S/c1-21(2)14-9-7-13(8-10-14)20-18(24)17(23)19-12-15(22(3)4)16-6-5-11-25-16/h5-11,15H,12H2,1-4H3,(H,19,23)(H,20,24). The summed E-state index contributed by atoms with van der Waals surface area (Å²) in [6, 6.07) is 11.3. The van der Waals surface area contributed by atoms with E-state index in [0.717, 1.165) is 10.6 Å². The summed E-state index contributed by atoms with van der Waals surface area (Å²) in [6.45, 7) is 0.374. The van der Waals surface area contributed by atoms with E-state index in [4.69, 9.17) is 0 Å². The topological polar surface area (TPSA) is 64.7 Å². The number of nitrogens with one attached hydrogen (secondary N) is 2. The maximum atomic E-state index is 12.1. The number of carbonyl (C=O) groups is 2. The van der Waals surface area contributed by atoms with Crippen LogP contribution in [0.4, 0.5) is 11.4 Å². The Labute approximate surface area is 152 Å². The summed E-state index contributed by atoms with van der Waals surface area (Å²) in [5.41, 5.74) is 1.61. The van der Waals surface area contributed by atoms with Gasteiger partial charge < -0.3 is 20.4 Å². The molecular formula is C18H24N4O2S. The average molecular weight is 360 g/mol. The van der Waals surface area contributed by atoms with Crippen molar-refractivity contribution in [3.8, 4) is 0 Å². The van der Waals surface area contributed by atoms with Crippen LogP contribution >= 0.6 is 11.3 Å². The molecule has 0 radical (unpaired) electrons. The molecule has 2 N–H and O–H groups in total. The first-order valence-electron chi connectivity index (χ1n) is 7.95. The summed E-state index contributed by atoms with van der Waals surface area (Å²) in [5, 5.41) is 7.32. The third-order valence-electron chi connectivity index (χ3n) is 3.80. The van der Waals surface area contributed by atoms with E-state index in [0.29, 0.717) is 12.2 Å². The van der Waals surface area contributed by atoms with E-state index < -0.39 is 11.8 Å². The second-order valence-electron chi connectivity index (χ2n) is 6.10. The minimum Gasteiger partial charge on any atom is -0.378 e. The van der Waals surface area contributed by atoms with E-state index in [1.54, 1.807) is 23.5 Å². The summed E-state index contributed by atoms with van der Waals surface area (Å²) in [5.74, 6) is -1.30. The molecule has 2 aromatic rings. The zero-order chi connectivity index (χ0) is 18.4. The van der Waals surface area contributed by atoms with Crippen molar-refractivity contribution in [1.82, 2.24) is 10.2 Å². The molecule has 0 aliphatic carbocycles. The molecule has 1 heterocycles. The van der Waals surface area contributed by atoms with Crippen LogP contribution in [0, 0.1) is 0 Å². The monoisotopic (exact) mass is 360 g/mol. The summed E-state index contributed by atoms with van der Waals surface area (Å²) >= 11 is 1.63. The molecule has 0 aliphatic rings. The normalized spacial score (nSPS) is 11.9. The summed E-state index contributed by atoms with van der Waals surface area (Å²) in [6.07, 6.45) is 0. The molecule has 0 bridgehead atoms. The molecule has 134 valence electrons. The van der Waals surface area contributed by atoms with Gasteiger partial charge in [-0.3, -0.25) is 9.59 Å². The minimum atomic E-state index is -0.665. The summed E-state index contributed by atoms with van der Waals surface area (Å²) in [7, 11) is 7.78. The fourth-order valence-corrected chi connectivity index (χ4v) is 3.24. The van der Waals surface area contributed by atoms with Crippen molar-refractivity contribution >= 4 is 34.5 Å². The lowest BCUT2D eigenvalue weighted by molar-refractivity contribution is -0.136. The van der Waals surface area contributed by atoms with Crippen molar-refractivity contribution in [2.75, 3.05) is 45.0 Å². The Kier molecular flexibility index (Phi) is 6.55. The van der Waals surface area contributed by atoms with Crippen molar-refractivity contribution in [2.45, 2.75) is 6.04 Å². The van der Waals surface area contributed by atoms with E-state index >= 15 is 0 Å². The molecule has 6 nitrogen and oxygen atoms in total. The zero-order valence-electron chi connectivity index (χ0n) is 14.9. The first-order chi connectivity index (χ1) is 11.9. The highest BCUT2D eigenvalue weighted by molar-refractivity contribution is 7.10. The van der Waals surface area contributed by atoms with Crippen LogP contribution in [0.5, 0.6) is 0 Å². The molecule has 2 amide bonds. The second-order valence-corrected chi connectivity index (χ2v) is 7.08. The number of carbonyl (C=O) groups excluding carboxylic acids is 2. The zero-order valence-corrected chi connectivity index (χ0v) is 15.8. The van der Waals surface area contributed by atoms with E-state index in [-0.39, 0.29) is 6.04 Å². The van der Waals surface area contributed by atoms with Crippen molar-refractivity contribution < 1.29 is 9.59 Å². The van der Waals surface area contributed by atoms with Crippen LogP contribution < -0.4 is 15.5 Å². The van der Waals surface area contributed by atoms with Gasteiger partial charge in [-0.15, -0.1) is 11.3 Å². The number of benzene rings is 1. The fourth-order valence-electron chi connectivity index (χ4n) is 2.32. The Morgan fingerprint density at radius 2 is 1.72 bits per heavy atom. The van der Waals surface area contributed by atoms with Gasteiger partial charge in [0.15, 0.2) is 0 Å². The number of rotatable bonds is 6. The van der Waals surface area contributed by atoms with E-state index in [1.807, 2.05) is 67.6 Å². The Morgan fingerprint density at radius 1 is 1.04 bits per heavy atom. The van der Waals surface area contributed by atoms with Crippen molar-refractivity contribution in [3.05, 3.63) is 46.7 Å². The van der Waals surface area contributed by atoms with Gasteiger partial charge in [0, 0.05) is 36.9 Å². The molecule has 1 unspecified atom stereocenters. The molecule has 0 saturated heterocycles. The Hall–Kier alpha value is -2.38. The van der Waals surface area contributed by atoms with Gasteiger partial charge in [-0.2, -0.15) is 0 Å². The van der Waals surface area contributed by atoms with Crippen LogP contribution in [0.1, 0.15) is 10.9 Å². The molecule has 1 atom stereocenters. The number of likely N-dealkylation sites (N-methyl/N-ethyl adjacent to an activating group) is 1. The molecule has 2 rings (SSSR count). The van der Waals surface area contributed by atoms with Crippen LogP contribution in [0.15, 0.2) is 41.8 Å². The largest absolute Gasteiger partial charge is 0.378 e. The lowest BCUT2D eigenvalue weighted by atomic mass is 10.2. The Bertz CT molecular complexity index is 696. The van der Waals surface area contributed by atoms with Crippen LogP contribution in [0.2, 0.25) is 0 Å². The number of thiophene rings is 1. The predicted molar refractivity (Wildman–Crippen MR) is 103 cm³/mol. The number of hydrogen-bond acceptors (Lipinski definition) is 5. The van der Waals surface area contributed by atoms with Crippen LogP contribution in [0.3, 0.4) is 0 Å². The highest BCUT2D eigenvalue weighted by Crippen LogP contribution is 2.22. The maximum Gasteiger partial charge on any atom is 0.313 e. The van der Waals surface area contributed by atoms with E-state index in [9.17, 15) is 9.59 Å². The molecule has 0 fully saturated rings. The van der Waals surface area contributed by atoms with Gasteiger partial charge in [0.2, 0.25) is 0 Å². The predicted octanol–water partition coefficient (Wildman–Crippen LogP) is 2.17. The first kappa shape index (κ1) is 19.0. The molecule has 7 heteroatoms. The van der Waals surface area contributed by atoms with Gasteiger partial charge in [0.1, 0.15) is 0 Å². The van der Waals surface area contributed by atoms with Crippen LogP contribution in [-0.4, -0.2) is 51.4 Å². The molecular weight excluding hydrogens is 336 g/mol. The van der Waals surface area contributed by atoms with E-state index in [2.05, 4.69) is 10.6 Å². The third-order valence-corrected chi connectivity index (χ3v) is 4.77. The lowest BCUT2D eigenvalue weighted by Crippen LogP contribution is -2.40. The first-order valence-corrected chi connectivity index (χ1v) is 8.83. The van der Waals surface area contributed by atoms with Gasteiger partial charge in [0.25, 0.3) is 0 Å². The van der Waals surface area contributed by atoms with Gasteiger partial charge in [-0.05, 0) is 49.8 Å². The van der Waals surface area contributed by atoms with Gasteiger partial charge in [0.05, 0.1) is 6.04 Å². The summed E-state index contributed by atoms with van der Waals surface area (Å²) < 4.78 is 0. The second kappa shape index (κ2) is 8.64. The molecule has 0 saturated carbocycles. The van der Waals surface area contributed by atoms with Gasteiger partial charge in [-0.1, -0.05) is 6.07 Å². The number of anilines is 2. The molecule has 0 aliphatic heterocycles. The SMILES string of the molecule is CN(C)c1ccc(NC(=O)C(=O)NCC(c2cccs2)N(C)C)cc1. The number of nitrogens with zero attached hydrogens (tertiary/aromatic N) is 2. The lowest BCUT2D eigenvalue weighted by Gasteiger charge is -2.23. The van der Waals surface area contributed by atoms with Crippen LogP contribution in [0.25, 0.3) is 0 Å². The van der Waals surface area contributed by atoms with Gasteiger partial charge in [-0.25, -0.2) is 0 Å². The number of hydrogen-bond donors (Lipinski definition) is 2. The summed E-state index contributed by atoms with van der Waals surface area (Å²) in [4.78, 5) is 29.3. The molecule has 1 aromatic heterocycles. The maximum absolute atomic E-state index is 12.1. The van der Waals surface area contributed by atoms with Crippen molar-refractivity contribution in [1.29, 1.82) is 0 Å². The highest BCUT2D eigenvalue weighted by Gasteiger charge is 2.19. The molecule has 25 heavy (non-hydrogen) atoms. The highest BCUT2D eigenvalue weighted by atomic mass is 32.1.